The highest BCUT2D eigenvalue weighted by molar-refractivity contribution is 14.1. The Morgan fingerprint density at radius 3 is 3.12 bits per heavy atom. The highest BCUT2D eigenvalue weighted by Crippen LogP contribution is 2.21. The number of carbonyl (C=O) groups excluding carboxylic acids is 1. The fourth-order valence-corrected chi connectivity index (χ4v) is 2.45. The summed E-state index contributed by atoms with van der Waals surface area (Å²) < 4.78 is 13.7. The molecule has 3 nitrogen and oxygen atoms in total. The minimum Gasteiger partial charge on any atom is -0.325 e. The van der Waals surface area contributed by atoms with E-state index in [9.17, 15) is 9.18 Å². The quantitative estimate of drug-likeness (QED) is 0.825. The largest absolute Gasteiger partial charge is 0.325 e. The van der Waals surface area contributed by atoms with Crippen LogP contribution in [-0.2, 0) is 4.79 Å². The number of hydrogen-bond acceptors (Lipinski definition) is 2. The fraction of sp³-hybridized carbons (Fsp3) is 0.417. The summed E-state index contributed by atoms with van der Waals surface area (Å²) in [5, 5.41) is 6.01. The third-order valence-electron chi connectivity index (χ3n) is 2.82. The van der Waals surface area contributed by atoms with Gasteiger partial charge < -0.3 is 10.6 Å². The van der Waals surface area contributed by atoms with E-state index < -0.39 is 0 Å². The first kappa shape index (κ1) is 12.8. The van der Waals surface area contributed by atoms with E-state index >= 15 is 0 Å². The van der Waals surface area contributed by atoms with Crippen LogP contribution in [0, 0.1) is 9.39 Å². The van der Waals surface area contributed by atoms with Gasteiger partial charge in [0.1, 0.15) is 5.82 Å². The van der Waals surface area contributed by atoms with Crippen LogP contribution >= 0.6 is 22.6 Å². The van der Waals surface area contributed by atoms with Gasteiger partial charge in [-0.2, -0.15) is 0 Å². The Morgan fingerprint density at radius 2 is 2.41 bits per heavy atom. The number of hydrogen-bond donors (Lipinski definition) is 2. The number of halogens is 2. The van der Waals surface area contributed by atoms with E-state index in [1.807, 2.05) is 22.6 Å². The lowest BCUT2D eigenvalue weighted by Crippen LogP contribution is -2.27. The summed E-state index contributed by atoms with van der Waals surface area (Å²) in [5.41, 5.74) is 0.550. The Hall–Kier alpha value is -0.690. The van der Waals surface area contributed by atoms with E-state index in [2.05, 4.69) is 10.6 Å². The standard InChI is InChI=1S/C12H14FIN2O/c13-9-4-1-5-10(12(9)14)16-11(17)7-8-3-2-6-15-8/h1,4-5,8,15H,2-3,6-7H2,(H,16,17). The lowest BCUT2D eigenvalue weighted by molar-refractivity contribution is -0.116. The summed E-state index contributed by atoms with van der Waals surface area (Å²) in [5.74, 6) is -0.365. The maximum absolute atomic E-state index is 13.3. The second-order valence-electron chi connectivity index (χ2n) is 4.15. The molecule has 1 fully saturated rings. The lowest BCUT2D eigenvalue weighted by Gasteiger charge is -2.11. The minimum atomic E-state index is -0.303. The molecule has 17 heavy (non-hydrogen) atoms. The van der Waals surface area contributed by atoms with Crippen molar-refractivity contribution in [2.75, 3.05) is 11.9 Å². The first-order chi connectivity index (χ1) is 8.16. The van der Waals surface area contributed by atoms with Crippen LogP contribution in [0.1, 0.15) is 19.3 Å². The van der Waals surface area contributed by atoms with E-state index in [1.165, 1.54) is 6.07 Å². The fourth-order valence-electron chi connectivity index (χ4n) is 1.96. The van der Waals surface area contributed by atoms with Gasteiger partial charge in [-0.05, 0) is 54.1 Å². The molecule has 0 aliphatic carbocycles. The molecule has 1 aromatic rings. The van der Waals surface area contributed by atoms with E-state index in [-0.39, 0.29) is 17.8 Å². The molecule has 1 aliphatic rings. The first-order valence-electron chi connectivity index (χ1n) is 5.64. The van der Waals surface area contributed by atoms with Crippen LogP contribution in [0.3, 0.4) is 0 Å². The molecule has 1 unspecified atom stereocenters. The molecule has 1 saturated heterocycles. The van der Waals surface area contributed by atoms with Gasteiger partial charge in [0.05, 0.1) is 9.26 Å². The van der Waals surface area contributed by atoms with Crippen LogP contribution in [0.25, 0.3) is 0 Å². The van der Waals surface area contributed by atoms with Crippen molar-refractivity contribution in [3.05, 3.63) is 27.6 Å². The zero-order valence-corrected chi connectivity index (χ0v) is 11.5. The van der Waals surface area contributed by atoms with Crippen LogP contribution in [0.4, 0.5) is 10.1 Å². The zero-order valence-electron chi connectivity index (χ0n) is 9.30. The molecule has 0 saturated carbocycles. The molecule has 0 aromatic heterocycles. The van der Waals surface area contributed by atoms with Crippen LogP contribution in [0.5, 0.6) is 0 Å². The van der Waals surface area contributed by atoms with Crippen molar-refractivity contribution in [2.45, 2.75) is 25.3 Å². The van der Waals surface area contributed by atoms with Gasteiger partial charge in [0, 0.05) is 12.5 Å². The molecular weight excluding hydrogens is 334 g/mol. The zero-order chi connectivity index (χ0) is 12.3. The summed E-state index contributed by atoms with van der Waals surface area (Å²) in [6, 6.07) is 4.96. The molecule has 1 aromatic carbocycles. The topological polar surface area (TPSA) is 41.1 Å². The summed E-state index contributed by atoms with van der Waals surface area (Å²) in [6.07, 6.45) is 2.61. The summed E-state index contributed by atoms with van der Waals surface area (Å²) in [7, 11) is 0. The molecule has 2 rings (SSSR count). The Labute approximate surface area is 113 Å². The third kappa shape index (κ3) is 3.38. The van der Waals surface area contributed by atoms with Crippen molar-refractivity contribution in [1.29, 1.82) is 0 Å². The second kappa shape index (κ2) is 5.77. The number of benzene rings is 1. The van der Waals surface area contributed by atoms with Crippen LogP contribution in [0.15, 0.2) is 18.2 Å². The average molecular weight is 348 g/mol. The third-order valence-corrected chi connectivity index (χ3v) is 3.92. The van der Waals surface area contributed by atoms with Crippen LogP contribution in [0.2, 0.25) is 0 Å². The van der Waals surface area contributed by atoms with Gasteiger partial charge in [-0.25, -0.2) is 4.39 Å². The number of nitrogens with one attached hydrogen (secondary N) is 2. The van der Waals surface area contributed by atoms with Gasteiger partial charge in [-0.3, -0.25) is 4.79 Å². The molecule has 1 heterocycles. The van der Waals surface area contributed by atoms with Gasteiger partial charge in [0.15, 0.2) is 0 Å². The molecule has 0 spiro atoms. The van der Waals surface area contributed by atoms with Crippen molar-refractivity contribution in [1.82, 2.24) is 5.32 Å². The van der Waals surface area contributed by atoms with Crippen molar-refractivity contribution >= 4 is 34.2 Å². The van der Waals surface area contributed by atoms with E-state index in [0.717, 1.165) is 19.4 Å². The molecule has 1 aliphatic heterocycles. The number of anilines is 1. The maximum Gasteiger partial charge on any atom is 0.225 e. The molecule has 5 heteroatoms. The van der Waals surface area contributed by atoms with Gasteiger partial charge in [-0.1, -0.05) is 6.07 Å². The molecular formula is C12H14FIN2O. The van der Waals surface area contributed by atoms with Gasteiger partial charge >= 0.3 is 0 Å². The Morgan fingerprint density at radius 1 is 1.59 bits per heavy atom. The van der Waals surface area contributed by atoms with Crippen LogP contribution in [-0.4, -0.2) is 18.5 Å². The van der Waals surface area contributed by atoms with E-state index in [0.29, 0.717) is 15.7 Å². The highest BCUT2D eigenvalue weighted by atomic mass is 127. The summed E-state index contributed by atoms with van der Waals surface area (Å²) in [4.78, 5) is 11.8. The van der Waals surface area contributed by atoms with Gasteiger partial charge in [0.2, 0.25) is 5.91 Å². The summed E-state index contributed by atoms with van der Waals surface area (Å²) in [6.45, 7) is 0.982. The van der Waals surface area contributed by atoms with Crippen molar-refractivity contribution in [3.63, 3.8) is 0 Å². The van der Waals surface area contributed by atoms with Crippen LogP contribution < -0.4 is 10.6 Å². The molecule has 92 valence electrons. The Balaban J connectivity index is 1.95. The van der Waals surface area contributed by atoms with E-state index in [1.54, 1.807) is 12.1 Å². The van der Waals surface area contributed by atoms with E-state index in [4.69, 9.17) is 0 Å². The normalized spacial score (nSPS) is 19.3. The Kier molecular flexibility index (Phi) is 4.33. The molecule has 0 bridgehead atoms. The molecule has 1 atom stereocenters. The monoisotopic (exact) mass is 348 g/mol. The van der Waals surface area contributed by atoms with Crippen molar-refractivity contribution in [3.8, 4) is 0 Å². The number of carbonyl (C=O) groups is 1. The molecule has 2 N–H and O–H groups in total. The lowest BCUT2D eigenvalue weighted by atomic mass is 10.1. The highest BCUT2D eigenvalue weighted by Gasteiger charge is 2.18. The second-order valence-corrected chi connectivity index (χ2v) is 5.23. The maximum atomic E-state index is 13.3. The first-order valence-corrected chi connectivity index (χ1v) is 6.72. The smallest absolute Gasteiger partial charge is 0.225 e. The predicted molar refractivity (Wildman–Crippen MR) is 73.4 cm³/mol. The molecule has 0 radical (unpaired) electrons. The summed E-state index contributed by atoms with van der Waals surface area (Å²) >= 11 is 1.90. The SMILES string of the molecule is O=C(CC1CCCN1)Nc1cccc(F)c1I. The van der Waals surface area contributed by atoms with Gasteiger partial charge in [0.25, 0.3) is 0 Å². The van der Waals surface area contributed by atoms with Gasteiger partial charge in [-0.15, -0.1) is 0 Å². The average Bonchev–Trinajstić information content (AvgIpc) is 2.77. The Bertz CT molecular complexity index is 419. The van der Waals surface area contributed by atoms with Crippen molar-refractivity contribution < 1.29 is 9.18 Å². The minimum absolute atomic E-state index is 0.0621. The predicted octanol–water partition coefficient (Wildman–Crippen LogP) is 2.51. The van der Waals surface area contributed by atoms with Crippen molar-refractivity contribution in [2.24, 2.45) is 0 Å². The number of amides is 1. The molecule has 1 amide bonds. The number of rotatable bonds is 3.